The molecule has 4 heteroatoms. The lowest BCUT2D eigenvalue weighted by Crippen LogP contribution is -2.41. The molecule has 0 aliphatic carbocycles. The van der Waals surface area contributed by atoms with Gasteiger partial charge in [-0.2, -0.15) is 0 Å². The molecular weight excluding hydrogens is 192 g/mol. The summed E-state index contributed by atoms with van der Waals surface area (Å²) in [6.45, 7) is 6.35. The third-order valence-electron chi connectivity index (χ3n) is 2.18. The van der Waals surface area contributed by atoms with E-state index in [4.69, 9.17) is 0 Å². The molecule has 0 aromatic heterocycles. The number of allylic oxidation sites excluding steroid dienone is 1. The molecule has 1 aliphatic heterocycles. The first-order valence-corrected chi connectivity index (χ1v) is 5.16. The molecule has 1 atom stereocenters. The molecule has 1 heterocycles. The lowest BCUT2D eigenvalue weighted by Gasteiger charge is -2.17. The number of nitrogens with one attached hydrogen (secondary N) is 1. The van der Waals surface area contributed by atoms with Crippen LogP contribution in [0.1, 0.15) is 19.8 Å². The second-order valence-electron chi connectivity index (χ2n) is 3.46. The van der Waals surface area contributed by atoms with E-state index in [1.165, 1.54) is 0 Å². The summed E-state index contributed by atoms with van der Waals surface area (Å²) in [6.07, 6.45) is 4.42. The summed E-state index contributed by atoms with van der Waals surface area (Å²) in [5.74, 6) is -0.0258. The Labute approximate surface area is 91.3 Å². The van der Waals surface area contributed by atoms with Crippen LogP contribution in [0.2, 0.25) is 0 Å². The van der Waals surface area contributed by atoms with Crippen LogP contribution in [0, 0.1) is 0 Å². The maximum Gasteiger partial charge on any atom is 0.237 e. The van der Waals surface area contributed by atoms with Crippen molar-refractivity contribution < 1.29 is 9.59 Å². The van der Waals surface area contributed by atoms with E-state index in [1.54, 1.807) is 6.08 Å². The highest BCUT2D eigenvalue weighted by Gasteiger charge is 2.26. The van der Waals surface area contributed by atoms with Crippen LogP contribution in [0.4, 0.5) is 0 Å². The number of aldehydes is 1. The zero-order chi connectivity index (χ0) is 11.7. The van der Waals surface area contributed by atoms with Gasteiger partial charge in [-0.15, -0.1) is 6.58 Å². The van der Waals surface area contributed by atoms with Gasteiger partial charge in [-0.25, -0.2) is 0 Å². The van der Waals surface area contributed by atoms with Crippen LogP contribution in [0.15, 0.2) is 12.7 Å². The van der Waals surface area contributed by atoms with Crippen molar-refractivity contribution >= 4 is 12.2 Å². The van der Waals surface area contributed by atoms with E-state index in [-0.39, 0.29) is 18.5 Å². The Balaban J connectivity index is 0.000000583. The predicted molar refractivity (Wildman–Crippen MR) is 60.6 cm³/mol. The maximum absolute atomic E-state index is 11.3. The molecule has 0 aromatic rings. The molecule has 0 spiro atoms. The van der Waals surface area contributed by atoms with Gasteiger partial charge in [-0.3, -0.25) is 9.69 Å². The second-order valence-corrected chi connectivity index (χ2v) is 3.46. The molecule has 1 fully saturated rings. The van der Waals surface area contributed by atoms with E-state index >= 15 is 0 Å². The Hall–Kier alpha value is -1.16. The van der Waals surface area contributed by atoms with E-state index in [1.807, 2.05) is 18.9 Å². The Kier molecular flexibility index (Phi) is 7.54. The average Bonchev–Trinajstić information content (AvgIpc) is 2.62. The largest absolute Gasteiger partial charge is 0.348 e. The fraction of sp³-hybridized carbons (Fsp3) is 0.636. The molecule has 4 nitrogen and oxygen atoms in total. The summed E-state index contributed by atoms with van der Waals surface area (Å²) < 4.78 is 0. The van der Waals surface area contributed by atoms with E-state index in [2.05, 4.69) is 11.9 Å². The molecule has 0 aromatic carbocycles. The number of likely N-dealkylation sites (N-methyl/N-ethyl adjacent to an activating group) is 1. The average molecular weight is 212 g/mol. The van der Waals surface area contributed by atoms with E-state index < -0.39 is 0 Å². The molecule has 1 aliphatic rings. The van der Waals surface area contributed by atoms with Gasteiger partial charge in [0.05, 0.1) is 12.6 Å². The fourth-order valence-electron chi connectivity index (χ4n) is 1.50. The highest BCUT2D eigenvalue weighted by Crippen LogP contribution is 2.14. The molecule has 1 rings (SSSR count). The van der Waals surface area contributed by atoms with E-state index in [0.29, 0.717) is 6.29 Å². The number of amides is 1. The van der Waals surface area contributed by atoms with E-state index in [0.717, 1.165) is 19.4 Å². The van der Waals surface area contributed by atoms with Crippen molar-refractivity contribution in [1.29, 1.82) is 0 Å². The standard InChI is InChI=1S/C8H14N2O2.C3H6/c1-10-5-2-3-7(10)8(12)9-4-6-11;1-3-2/h6-7H,2-5H2,1H3,(H,9,12);3H,1H2,2H3. The molecule has 86 valence electrons. The Bertz CT molecular complexity index is 217. The van der Waals surface area contributed by atoms with Gasteiger partial charge in [-0.05, 0) is 33.4 Å². The van der Waals surface area contributed by atoms with Crippen LogP contribution in [-0.2, 0) is 9.59 Å². The van der Waals surface area contributed by atoms with E-state index in [9.17, 15) is 9.59 Å². The van der Waals surface area contributed by atoms with Gasteiger partial charge < -0.3 is 10.1 Å². The third-order valence-corrected chi connectivity index (χ3v) is 2.18. The van der Waals surface area contributed by atoms with Gasteiger partial charge in [0.1, 0.15) is 6.29 Å². The number of carbonyl (C=O) groups excluding carboxylic acids is 2. The van der Waals surface area contributed by atoms with Gasteiger partial charge in [0.15, 0.2) is 0 Å². The third kappa shape index (κ3) is 5.32. The smallest absolute Gasteiger partial charge is 0.237 e. The fourth-order valence-corrected chi connectivity index (χ4v) is 1.50. The SMILES string of the molecule is C=CC.CN1CCCC1C(=O)NCC=O. The number of hydrogen-bond donors (Lipinski definition) is 1. The quantitative estimate of drug-likeness (QED) is 0.550. The first-order chi connectivity index (χ1) is 7.17. The lowest BCUT2D eigenvalue weighted by molar-refractivity contribution is -0.126. The summed E-state index contributed by atoms with van der Waals surface area (Å²) in [6, 6.07) is -0.0232. The van der Waals surface area contributed by atoms with Gasteiger partial charge in [0.25, 0.3) is 0 Å². The minimum Gasteiger partial charge on any atom is -0.348 e. The molecule has 0 saturated carbocycles. The predicted octanol–water partition coefficient (Wildman–Crippen LogP) is 0.588. The molecule has 0 bridgehead atoms. The first kappa shape index (κ1) is 13.8. The van der Waals surface area contributed by atoms with Crippen molar-refractivity contribution in [1.82, 2.24) is 10.2 Å². The number of carbonyl (C=O) groups is 2. The van der Waals surface area contributed by atoms with Crippen LogP contribution >= 0.6 is 0 Å². The minimum atomic E-state index is -0.0258. The normalized spacial score (nSPS) is 20.0. The Morgan fingerprint density at radius 3 is 2.67 bits per heavy atom. The summed E-state index contributed by atoms with van der Waals surface area (Å²) in [5, 5.41) is 2.56. The van der Waals surface area contributed by atoms with Crippen molar-refractivity contribution in [2.24, 2.45) is 0 Å². The number of hydrogen-bond acceptors (Lipinski definition) is 3. The van der Waals surface area contributed by atoms with Gasteiger partial charge >= 0.3 is 0 Å². The molecule has 0 radical (unpaired) electrons. The highest BCUT2D eigenvalue weighted by molar-refractivity contribution is 5.83. The van der Waals surface area contributed by atoms with Crippen LogP contribution < -0.4 is 5.32 Å². The molecular formula is C11H20N2O2. The van der Waals surface area contributed by atoms with Crippen molar-refractivity contribution in [3.8, 4) is 0 Å². The zero-order valence-corrected chi connectivity index (χ0v) is 9.53. The number of nitrogens with zero attached hydrogens (tertiary/aromatic N) is 1. The minimum absolute atomic E-state index is 0.0232. The molecule has 1 N–H and O–H groups in total. The molecule has 1 saturated heterocycles. The molecule has 1 unspecified atom stereocenters. The van der Waals surface area contributed by atoms with Crippen molar-refractivity contribution in [2.45, 2.75) is 25.8 Å². The lowest BCUT2D eigenvalue weighted by atomic mass is 10.2. The topological polar surface area (TPSA) is 49.4 Å². The van der Waals surface area contributed by atoms with Crippen molar-refractivity contribution in [3.05, 3.63) is 12.7 Å². The van der Waals surface area contributed by atoms with Crippen LogP contribution in [0.5, 0.6) is 0 Å². The number of rotatable bonds is 3. The van der Waals surface area contributed by atoms with Crippen LogP contribution in [0.25, 0.3) is 0 Å². The molecule has 1 amide bonds. The maximum atomic E-state index is 11.3. The van der Waals surface area contributed by atoms with Crippen molar-refractivity contribution in [3.63, 3.8) is 0 Å². The van der Waals surface area contributed by atoms with Crippen molar-refractivity contribution in [2.75, 3.05) is 20.1 Å². The Morgan fingerprint density at radius 1 is 1.67 bits per heavy atom. The summed E-state index contributed by atoms with van der Waals surface area (Å²) in [4.78, 5) is 23.3. The van der Waals surface area contributed by atoms with Crippen LogP contribution in [-0.4, -0.2) is 43.3 Å². The zero-order valence-electron chi connectivity index (χ0n) is 9.53. The first-order valence-electron chi connectivity index (χ1n) is 5.16. The molecule has 15 heavy (non-hydrogen) atoms. The summed E-state index contributed by atoms with van der Waals surface area (Å²) in [5.41, 5.74) is 0. The van der Waals surface area contributed by atoms with Crippen LogP contribution in [0.3, 0.4) is 0 Å². The van der Waals surface area contributed by atoms with Gasteiger partial charge in [0.2, 0.25) is 5.91 Å². The van der Waals surface area contributed by atoms with Gasteiger partial charge in [-0.1, -0.05) is 6.08 Å². The summed E-state index contributed by atoms with van der Waals surface area (Å²) >= 11 is 0. The van der Waals surface area contributed by atoms with Gasteiger partial charge in [0, 0.05) is 0 Å². The number of likely N-dealkylation sites (tertiary alicyclic amines) is 1. The second kappa shape index (κ2) is 8.17. The monoisotopic (exact) mass is 212 g/mol. The highest BCUT2D eigenvalue weighted by atomic mass is 16.2. The Morgan fingerprint density at radius 2 is 2.27 bits per heavy atom. The summed E-state index contributed by atoms with van der Waals surface area (Å²) in [7, 11) is 1.93.